The molecular formula is C29H28N2O3S. The van der Waals surface area contributed by atoms with Crippen molar-refractivity contribution in [1.82, 2.24) is 5.32 Å². The summed E-state index contributed by atoms with van der Waals surface area (Å²) in [6.07, 6.45) is 4.01. The van der Waals surface area contributed by atoms with Crippen molar-refractivity contribution < 1.29 is 14.3 Å². The lowest BCUT2D eigenvalue weighted by atomic mass is 10.1. The first-order chi connectivity index (χ1) is 17.1. The molecule has 0 bridgehead atoms. The highest BCUT2D eigenvalue weighted by molar-refractivity contribution is 8.04. The first-order valence-corrected chi connectivity index (χ1v) is 12.7. The lowest BCUT2D eigenvalue weighted by Gasteiger charge is -2.31. The number of nitrogens with zero attached hydrogens (tertiary/aromatic N) is 1. The Labute approximate surface area is 210 Å². The monoisotopic (exact) mass is 484 g/mol. The molecule has 2 aliphatic heterocycles. The van der Waals surface area contributed by atoms with Crippen molar-refractivity contribution in [3.05, 3.63) is 100.0 Å². The quantitative estimate of drug-likeness (QED) is 0.464. The van der Waals surface area contributed by atoms with Crippen LogP contribution in [0.1, 0.15) is 39.9 Å². The van der Waals surface area contributed by atoms with Crippen LogP contribution in [0.5, 0.6) is 0 Å². The molecule has 178 valence electrons. The van der Waals surface area contributed by atoms with Crippen molar-refractivity contribution in [1.29, 1.82) is 0 Å². The Morgan fingerprint density at radius 2 is 1.97 bits per heavy atom. The minimum Gasteiger partial charge on any atom is -0.376 e. The van der Waals surface area contributed by atoms with Crippen LogP contribution >= 0.6 is 11.8 Å². The maximum atomic E-state index is 13.7. The fourth-order valence-corrected chi connectivity index (χ4v) is 5.46. The third-order valence-electron chi connectivity index (χ3n) is 6.22. The number of amides is 2. The molecule has 1 saturated heterocycles. The molecule has 1 fully saturated rings. The molecule has 2 amide bonds. The van der Waals surface area contributed by atoms with Crippen LogP contribution in [0.4, 0.5) is 5.69 Å². The summed E-state index contributed by atoms with van der Waals surface area (Å²) in [4.78, 5) is 30.0. The number of nitrogens with one attached hydrogen (secondary N) is 1. The van der Waals surface area contributed by atoms with Crippen LogP contribution in [0.2, 0.25) is 0 Å². The summed E-state index contributed by atoms with van der Waals surface area (Å²) in [5, 5.41) is 2.99. The molecule has 1 atom stereocenters. The number of anilines is 1. The molecule has 3 aromatic rings. The summed E-state index contributed by atoms with van der Waals surface area (Å²) in [6.45, 7) is 3.73. The molecule has 0 aliphatic carbocycles. The number of ether oxygens (including phenoxy) is 1. The summed E-state index contributed by atoms with van der Waals surface area (Å²) >= 11 is 1.45. The van der Waals surface area contributed by atoms with E-state index in [0.717, 1.165) is 46.7 Å². The van der Waals surface area contributed by atoms with E-state index in [4.69, 9.17) is 4.74 Å². The molecule has 5 nitrogen and oxygen atoms in total. The van der Waals surface area contributed by atoms with Gasteiger partial charge in [-0.05, 0) is 55.2 Å². The Balaban J connectivity index is 1.46. The molecule has 35 heavy (non-hydrogen) atoms. The minimum atomic E-state index is -0.151. The standard InChI is InChI=1S/C29H28N2O3S/c1-20-7-5-10-22(15-20)19-31-25-17-23(28(32)30-18-24-11-6-14-34-24)12-13-26(25)35-27(29(31)33)16-21-8-3-2-4-9-21/h2-5,7-10,12-13,15-17,24H,6,11,14,18-19H2,1H3,(H,30,32)/b27-16-. The van der Waals surface area contributed by atoms with Gasteiger partial charge in [0.15, 0.2) is 0 Å². The van der Waals surface area contributed by atoms with E-state index in [1.165, 1.54) is 11.8 Å². The molecule has 3 aromatic carbocycles. The third kappa shape index (κ3) is 5.50. The molecule has 5 rings (SSSR count). The van der Waals surface area contributed by atoms with Gasteiger partial charge in [-0.2, -0.15) is 0 Å². The molecule has 1 unspecified atom stereocenters. The number of thioether (sulfide) groups is 1. The van der Waals surface area contributed by atoms with Crippen molar-refractivity contribution in [3.63, 3.8) is 0 Å². The maximum absolute atomic E-state index is 13.7. The first-order valence-electron chi connectivity index (χ1n) is 11.9. The van der Waals surface area contributed by atoms with E-state index in [-0.39, 0.29) is 17.9 Å². The molecule has 2 aliphatic rings. The third-order valence-corrected chi connectivity index (χ3v) is 7.30. The topological polar surface area (TPSA) is 58.6 Å². The zero-order chi connectivity index (χ0) is 24.2. The van der Waals surface area contributed by atoms with E-state index < -0.39 is 0 Å². The predicted octanol–water partition coefficient (Wildman–Crippen LogP) is 5.58. The molecule has 6 heteroatoms. The number of fused-ring (bicyclic) bond motifs is 1. The Bertz CT molecular complexity index is 1270. The molecule has 1 N–H and O–H groups in total. The average Bonchev–Trinajstić information content (AvgIpc) is 3.39. The van der Waals surface area contributed by atoms with Crippen molar-refractivity contribution in [2.24, 2.45) is 0 Å². The SMILES string of the molecule is Cc1cccc(CN2C(=O)/C(=C/c3ccccc3)Sc3ccc(C(=O)NCC4CCCO4)cc32)c1. The number of carbonyl (C=O) groups excluding carboxylic acids is 2. The highest BCUT2D eigenvalue weighted by atomic mass is 32.2. The van der Waals surface area contributed by atoms with Gasteiger partial charge in [-0.3, -0.25) is 9.59 Å². The number of hydrogen-bond acceptors (Lipinski definition) is 4. The van der Waals surface area contributed by atoms with Gasteiger partial charge in [-0.25, -0.2) is 0 Å². The molecule has 0 radical (unpaired) electrons. The first kappa shape index (κ1) is 23.4. The van der Waals surface area contributed by atoms with Crippen LogP contribution in [0, 0.1) is 6.92 Å². The van der Waals surface area contributed by atoms with Crippen molar-refractivity contribution in [3.8, 4) is 0 Å². The maximum Gasteiger partial charge on any atom is 0.265 e. The lowest BCUT2D eigenvalue weighted by molar-refractivity contribution is -0.114. The smallest absolute Gasteiger partial charge is 0.265 e. The normalized spacial score (nSPS) is 18.5. The highest BCUT2D eigenvalue weighted by Crippen LogP contribution is 2.43. The Morgan fingerprint density at radius 1 is 1.11 bits per heavy atom. The summed E-state index contributed by atoms with van der Waals surface area (Å²) in [5.74, 6) is -0.216. The van der Waals surface area contributed by atoms with E-state index >= 15 is 0 Å². The molecular weight excluding hydrogens is 456 g/mol. The Kier molecular flexibility index (Phi) is 7.02. The Morgan fingerprint density at radius 3 is 2.74 bits per heavy atom. The predicted molar refractivity (Wildman–Crippen MR) is 140 cm³/mol. The minimum absolute atomic E-state index is 0.0650. The van der Waals surface area contributed by atoms with E-state index in [0.29, 0.717) is 23.6 Å². The highest BCUT2D eigenvalue weighted by Gasteiger charge is 2.30. The van der Waals surface area contributed by atoms with E-state index in [1.54, 1.807) is 4.90 Å². The van der Waals surface area contributed by atoms with Gasteiger partial charge < -0.3 is 15.0 Å². The van der Waals surface area contributed by atoms with Crippen LogP contribution in [-0.2, 0) is 16.1 Å². The molecule has 2 heterocycles. The second-order valence-electron chi connectivity index (χ2n) is 8.93. The zero-order valence-corrected chi connectivity index (χ0v) is 20.5. The zero-order valence-electron chi connectivity index (χ0n) is 19.7. The number of rotatable bonds is 6. The van der Waals surface area contributed by atoms with Gasteiger partial charge in [0.25, 0.3) is 11.8 Å². The molecule has 0 saturated carbocycles. The van der Waals surface area contributed by atoms with Crippen LogP contribution in [0.25, 0.3) is 6.08 Å². The van der Waals surface area contributed by atoms with Crippen LogP contribution in [-0.4, -0.2) is 31.1 Å². The summed E-state index contributed by atoms with van der Waals surface area (Å²) in [5.41, 5.74) is 4.47. The molecule has 0 spiro atoms. The summed E-state index contributed by atoms with van der Waals surface area (Å²) in [6, 6.07) is 23.6. The van der Waals surface area contributed by atoms with Crippen LogP contribution in [0.3, 0.4) is 0 Å². The molecule has 0 aromatic heterocycles. The van der Waals surface area contributed by atoms with Gasteiger partial charge in [-0.1, -0.05) is 71.9 Å². The van der Waals surface area contributed by atoms with Crippen LogP contribution in [0.15, 0.2) is 82.6 Å². The van der Waals surface area contributed by atoms with Crippen molar-refractivity contribution in [2.45, 2.75) is 37.3 Å². The van der Waals surface area contributed by atoms with Crippen LogP contribution < -0.4 is 10.2 Å². The largest absolute Gasteiger partial charge is 0.376 e. The van der Waals surface area contributed by atoms with Gasteiger partial charge in [0.1, 0.15) is 0 Å². The number of hydrogen-bond donors (Lipinski definition) is 1. The number of benzene rings is 3. The fourth-order valence-electron chi connectivity index (χ4n) is 4.42. The van der Waals surface area contributed by atoms with Gasteiger partial charge in [-0.15, -0.1) is 0 Å². The second kappa shape index (κ2) is 10.5. The lowest BCUT2D eigenvalue weighted by Crippen LogP contribution is -2.35. The van der Waals surface area contributed by atoms with Crippen molar-refractivity contribution >= 4 is 35.3 Å². The van der Waals surface area contributed by atoms with Crippen molar-refractivity contribution in [2.75, 3.05) is 18.1 Å². The van der Waals surface area contributed by atoms with E-state index in [2.05, 4.69) is 11.4 Å². The van der Waals surface area contributed by atoms with Gasteiger partial charge >= 0.3 is 0 Å². The number of carbonyl (C=O) groups is 2. The Hall–Kier alpha value is -3.35. The second-order valence-corrected chi connectivity index (χ2v) is 10.0. The van der Waals surface area contributed by atoms with Gasteiger partial charge in [0, 0.05) is 23.6 Å². The van der Waals surface area contributed by atoms with Gasteiger partial charge in [0.05, 0.1) is 23.2 Å². The number of aryl methyl sites for hydroxylation is 1. The van der Waals surface area contributed by atoms with E-state index in [1.807, 2.05) is 79.7 Å². The fraction of sp³-hybridized carbons (Fsp3) is 0.241. The van der Waals surface area contributed by atoms with Gasteiger partial charge in [0.2, 0.25) is 0 Å². The summed E-state index contributed by atoms with van der Waals surface area (Å²) in [7, 11) is 0. The van der Waals surface area contributed by atoms with E-state index in [9.17, 15) is 9.59 Å². The average molecular weight is 485 g/mol. The summed E-state index contributed by atoms with van der Waals surface area (Å²) < 4.78 is 5.62.